The van der Waals surface area contributed by atoms with Crippen LogP contribution in [0.1, 0.15) is 6.92 Å². The molecule has 0 amide bonds. The van der Waals surface area contributed by atoms with Gasteiger partial charge in [0.15, 0.2) is 0 Å². The number of anilines is 2. The Morgan fingerprint density at radius 1 is 1.08 bits per heavy atom. The summed E-state index contributed by atoms with van der Waals surface area (Å²) < 4.78 is 32.7. The quantitative estimate of drug-likeness (QED) is 0.578. The highest BCUT2D eigenvalue weighted by Crippen LogP contribution is 2.20. The van der Waals surface area contributed by atoms with Crippen molar-refractivity contribution in [3.63, 3.8) is 0 Å². The second kappa shape index (κ2) is 8.94. The van der Waals surface area contributed by atoms with Crippen molar-refractivity contribution < 1.29 is 18.3 Å². The first-order valence-electron chi connectivity index (χ1n) is 7.78. The molecule has 0 saturated heterocycles. The molecule has 0 fully saturated rings. The van der Waals surface area contributed by atoms with E-state index in [0.717, 1.165) is 0 Å². The predicted octanol–water partition coefficient (Wildman–Crippen LogP) is 2.90. The highest BCUT2D eigenvalue weighted by Gasteiger charge is 2.14. The summed E-state index contributed by atoms with van der Waals surface area (Å²) in [5.41, 5.74) is 1.15. The van der Waals surface area contributed by atoms with Gasteiger partial charge in [-0.3, -0.25) is 4.72 Å². The molecular formula is C17H21ClN2O4S. The van der Waals surface area contributed by atoms with Crippen LogP contribution in [0.4, 0.5) is 11.4 Å². The Morgan fingerprint density at radius 3 is 2.24 bits per heavy atom. The second-order valence-electron chi connectivity index (χ2n) is 5.28. The number of ether oxygens (including phenoxy) is 1. The number of rotatable bonds is 9. The number of halogens is 1. The van der Waals surface area contributed by atoms with Gasteiger partial charge in [-0.15, -0.1) is 11.6 Å². The van der Waals surface area contributed by atoms with Crippen LogP contribution in [0.15, 0.2) is 53.4 Å². The van der Waals surface area contributed by atoms with Gasteiger partial charge >= 0.3 is 0 Å². The van der Waals surface area contributed by atoms with Crippen molar-refractivity contribution >= 4 is 33.0 Å². The summed E-state index contributed by atoms with van der Waals surface area (Å²) in [6.07, 6.45) is -0.661. The average Bonchev–Trinajstić information content (AvgIpc) is 2.61. The molecule has 0 bridgehead atoms. The van der Waals surface area contributed by atoms with Crippen LogP contribution in [0.3, 0.4) is 0 Å². The van der Waals surface area contributed by atoms with E-state index in [1.165, 1.54) is 12.1 Å². The van der Waals surface area contributed by atoms with Crippen molar-refractivity contribution in [1.29, 1.82) is 0 Å². The maximum absolute atomic E-state index is 12.4. The number of benzene rings is 2. The minimum absolute atomic E-state index is 0.130. The topological polar surface area (TPSA) is 87.7 Å². The lowest BCUT2D eigenvalue weighted by Crippen LogP contribution is -2.20. The highest BCUT2D eigenvalue weighted by atomic mass is 35.5. The van der Waals surface area contributed by atoms with Gasteiger partial charge in [0.1, 0.15) is 5.75 Å². The summed E-state index contributed by atoms with van der Waals surface area (Å²) in [7, 11) is -3.68. The molecule has 0 saturated carbocycles. The Balaban J connectivity index is 2.03. The van der Waals surface area contributed by atoms with E-state index in [1.807, 2.05) is 6.92 Å². The van der Waals surface area contributed by atoms with Crippen LogP contribution in [0, 0.1) is 0 Å². The second-order valence-corrected chi connectivity index (χ2v) is 7.27. The zero-order valence-electron chi connectivity index (χ0n) is 13.8. The Morgan fingerprint density at radius 2 is 1.68 bits per heavy atom. The first-order valence-corrected chi connectivity index (χ1v) is 9.80. The average molecular weight is 385 g/mol. The zero-order valence-corrected chi connectivity index (χ0v) is 15.3. The fourth-order valence-corrected chi connectivity index (χ4v) is 3.21. The fraction of sp³-hybridized carbons (Fsp3) is 0.294. The van der Waals surface area contributed by atoms with Gasteiger partial charge < -0.3 is 15.2 Å². The molecule has 0 aliphatic carbocycles. The van der Waals surface area contributed by atoms with Gasteiger partial charge in [-0.25, -0.2) is 8.42 Å². The molecule has 3 N–H and O–H groups in total. The molecule has 1 atom stereocenters. The Kier molecular flexibility index (Phi) is 6.92. The van der Waals surface area contributed by atoms with Crippen LogP contribution >= 0.6 is 11.6 Å². The number of hydrogen-bond donors (Lipinski definition) is 3. The Labute approximate surface area is 152 Å². The molecule has 8 heteroatoms. The molecule has 0 radical (unpaired) electrons. The Hall–Kier alpha value is -1.96. The first kappa shape index (κ1) is 19.4. The van der Waals surface area contributed by atoms with Crippen molar-refractivity contribution in [2.45, 2.75) is 17.9 Å². The van der Waals surface area contributed by atoms with Crippen LogP contribution in [-0.2, 0) is 10.0 Å². The number of aliphatic hydroxyl groups excluding tert-OH is 1. The lowest BCUT2D eigenvalue weighted by atomic mass is 10.3. The van der Waals surface area contributed by atoms with Crippen LogP contribution in [0.5, 0.6) is 5.75 Å². The van der Waals surface area contributed by atoms with Gasteiger partial charge in [-0.1, -0.05) is 0 Å². The van der Waals surface area contributed by atoms with E-state index in [0.29, 0.717) is 30.3 Å². The zero-order chi connectivity index (χ0) is 18.3. The number of alkyl halides is 1. The molecule has 6 nitrogen and oxygen atoms in total. The molecule has 2 rings (SSSR count). The van der Waals surface area contributed by atoms with E-state index >= 15 is 0 Å². The molecule has 136 valence electrons. The number of sulfonamides is 1. The molecule has 0 aliphatic rings. The molecule has 0 aromatic heterocycles. The third kappa shape index (κ3) is 5.81. The lowest BCUT2D eigenvalue weighted by Gasteiger charge is -2.12. The smallest absolute Gasteiger partial charge is 0.261 e. The van der Waals surface area contributed by atoms with Crippen LogP contribution in [0.25, 0.3) is 0 Å². The van der Waals surface area contributed by atoms with Crippen LogP contribution in [-0.4, -0.2) is 38.7 Å². The summed E-state index contributed by atoms with van der Waals surface area (Å²) in [4.78, 5) is 0.143. The maximum Gasteiger partial charge on any atom is 0.261 e. The third-order valence-electron chi connectivity index (χ3n) is 3.30. The van der Waals surface area contributed by atoms with Crippen LogP contribution < -0.4 is 14.8 Å². The molecule has 0 heterocycles. The SMILES string of the molecule is CCOc1ccc(NS(=O)(=O)c2ccc(NCC(O)CCl)cc2)cc1. The van der Waals surface area contributed by atoms with E-state index in [1.54, 1.807) is 36.4 Å². The van der Waals surface area contributed by atoms with Gasteiger partial charge in [-0.05, 0) is 55.5 Å². The minimum Gasteiger partial charge on any atom is -0.494 e. The summed E-state index contributed by atoms with van der Waals surface area (Å²) >= 11 is 5.52. The largest absolute Gasteiger partial charge is 0.494 e. The summed E-state index contributed by atoms with van der Waals surface area (Å²) in [6.45, 7) is 2.72. The normalized spacial score (nSPS) is 12.4. The predicted molar refractivity (Wildman–Crippen MR) is 100 cm³/mol. The van der Waals surface area contributed by atoms with Gasteiger partial charge in [0.25, 0.3) is 10.0 Å². The monoisotopic (exact) mass is 384 g/mol. The lowest BCUT2D eigenvalue weighted by molar-refractivity contribution is 0.211. The van der Waals surface area contributed by atoms with Crippen molar-refractivity contribution in [3.05, 3.63) is 48.5 Å². The van der Waals surface area contributed by atoms with E-state index in [9.17, 15) is 13.5 Å². The molecular weight excluding hydrogens is 364 g/mol. The molecule has 1 unspecified atom stereocenters. The fourth-order valence-electron chi connectivity index (χ4n) is 2.04. The number of nitrogens with one attached hydrogen (secondary N) is 2. The molecule has 2 aromatic carbocycles. The molecule has 25 heavy (non-hydrogen) atoms. The van der Waals surface area contributed by atoms with E-state index in [4.69, 9.17) is 16.3 Å². The first-order chi connectivity index (χ1) is 11.9. The standard InChI is InChI=1S/C17H21ClN2O4S/c1-2-24-16-7-3-14(4-8-16)20-25(22,23)17-9-5-13(6-10-17)19-12-15(21)11-18/h3-10,15,19-21H,2,11-12H2,1H3. The van der Waals surface area contributed by atoms with E-state index < -0.39 is 16.1 Å². The minimum atomic E-state index is -3.68. The van der Waals surface area contributed by atoms with Crippen molar-refractivity contribution in [3.8, 4) is 5.75 Å². The molecule has 0 spiro atoms. The summed E-state index contributed by atoms with van der Waals surface area (Å²) in [5, 5.41) is 12.4. The molecule has 2 aromatic rings. The van der Waals surface area contributed by atoms with Crippen molar-refractivity contribution in [1.82, 2.24) is 0 Å². The number of aliphatic hydroxyl groups is 1. The van der Waals surface area contributed by atoms with Gasteiger partial charge in [0, 0.05) is 17.9 Å². The third-order valence-corrected chi connectivity index (χ3v) is 5.06. The summed E-state index contributed by atoms with van der Waals surface area (Å²) in [6, 6.07) is 12.9. The van der Waals surface area contributed by atoms with E-state index in [2.05, 4.69) is 10.0 Å². The maximum atomic E-state index is 12.4. The van der Waals surface area contributed by atoms with Crippen LogP contribution in [0.2, 0.25) is 0 Å². The van der Waals surface area contributed by atoms with Crippen molar-refractivity contribution in [2.24, 2.45) is 0 Å². The van der Waals surface area contributed by atoms with E-state index in [-0.39, 0.29) is 10.8 Å². The highest BCUT2D eigenvalue weighted by molar-refractivity contribution is 7.92. The molecule has 0 aliphatic heterocycles. The van der Waals surface area contributed by atoms with Gasteiger partial charge in [-0.2, -0.15) is 0 Å². The number of hydrogen-bond acceptors (Lipinski definition) is 5. The Bertz CT molecular complexity index is 764. The van der Waals surface area contributed by atoms with Gasteiger partial charge in [0.2, 0.25) is 0 Å². The van der Waals surface area contributed by atoms with Crippen molar-refractivity contribution in [2.75, 3.05) is 29.1 Å². The summed E-state index contributed by atoms with van der Waals surface area (Å²) in [5.74, 6) is 0.811. The van der Waals surface area contributed by atoms with Gasteiger partial charge in [0.05, 0.1) is 23.5 Å².